The van der Waals surface area contributed by atoms with Crippen molar-refractivity contribution in [3.05, 3.63) is 68.6 Å². The lowest BCUT2D eigenvalue weighted by atomic mass is 9.96. The molecule has 1 aromatic heterocycles. The van der Waals surface area contributed by atoms with E-state index < -0.39 is 6.04 Å². The lowest BCUT2D eigenvalue weighted by Crippen LogP contribution is -2.32. The molecule has 180 valence electrons. The van der Waals surface area contributed by atoms with Crippen molar-refractivity contribution in [2.24, 2.45) is 0 Å². The SMILES string of the molecule is CCCCOc1ccc(C2c3c(oc4cc(C)cc(C)c4c3=O)C(=O)N2CCOC)cc1OC. The van der Waals surface area contributed by atoms with Gasteiger partial charge in [-0.15, -0.1) is 0 Å². The average Bonchev–Trinajstić information content (AvgIpc) is 3.09. The van der Waals surface area contributed by atoms with Crippen LogP contribution in [0.1, 0.15) is 58.6 Å². The molecule has 0 bridgehead atoms. The first-order valence-electron chi connectivity index (χ1n) is 11.6. The first-order chi connectivity index (χ1) is 16.4. The summed E-state index contributed by atoms with van der Waals surface area (Å²) < 4.78 is 22.8. The van der Waals surface area contributed by atoms with E-state index in [2.05, 4.69) is 6.92 Å². The maximum atomic E-state index is 13.8. The molecule has 0 spiro atoms. The third-order valence-electron chi connectivity index (χ3n) is 6.21. The quantitative estimate of drug-likeness (QED) is 0.423. The van der Waals surface area contributed by atoms with Crippen molar-refractivity contribution >= 4 is 16.9 Å². The van der Waals surface area contributed by atoms with E-state index in [4.69, 9.17) is 18.6 Å². The summed E-state index contributed by atoms with van der Waals surface area (Å²) in [4.78, 5) is 28.8. The summed E-state index contributed by atoms with van der Waals surface area (Å²) in [6, 6.07) is 8.68. The summed E-state index contributed by atoms with van der Waals surface area (Å²) in [7, 11) is 3.16. The van der Waals surface area contributed by atoms with Gasteiger partial charge in [-0.3, -0.25) is 9.59 Å². The second kappa shape index (κ2) is 9.89. The fourth-order valence-corrected chi connectivity index (χ4v) is 4.58. The zero-order valence-electron chi connectivity index (χ0n) is 20.4. The summed E-state index contributed by atoms with van der Waals surface area (Å²) >= 11 is 0. The van der Waals surface area contributed by atoms with Gasteiger partial charge in [0.1, 0.15) is 5.58 Å². The van der Waals surface area contributed by atoms with Gasteiger partial charge in [0.15, 0.2) is 16.9 Å². The molecule has 0 saturated carbocycles. The van der Waals surface area contributed by atoms with Gasteiger partial charge in [0.2, 0.25) is 5.76 Å². The van der Waals surface area contributed by atoms with Crippen molar-refractivity contribution in [3.8, 4) is 11.5 Å². The van der Waals surface area contributed by atoms with Gasteiger partial charge in [-0.05, 0) is 55.2 Å². The lowest BCUT2D eigenvalue weighted by Gasteiger charge is -2.25. The van der Waals surface area contributed by atoms with Crippen LogP contribution < -0.4 is 14.9 Å². The van der Waals surface area contributed by atoms with E-state index in [0.717, 1.165) is 29.5 Å². The number of benzene rings is 2. The van der Waals surface area contributed by atoms with E-state index >= 15 is 0 Å². The summed E-state index contributed by atoms with van der Waals surface area (Å²) in [5.74, 6) is 0.950. The fraction of sp³-hybridized carbons (Fsp3) is 0.407. The van der Waals surface area contributed by atoms with Gasteiger partial charge in [-0.2, -0.15) is 0 Å². The first-order valence-corrected chi connectivity index (χ1v) is 11.6. The number of carbonyl (C=O) groups excluding carboxylic acids is 1. The van der Waals surface area contributed by atoms with Crippen LogP contribution in [-0.4, -0.2) is 44.8 Å². The van der Waals surface area contributed by atoms with Crippen molar-refractivity contribution in [1.82, 2.24) is 4.90 Å². The molecule has 7 nitrogen and oxygen atoms in total. The molecule has 2 aromatic carbocycles. The van der Waals surface area contributed by atoms with Crippen LogP contribution in [0.3, 0.4) is 0 Å². The highest BCUT2D eigenvalue weighted by Gasteiger charge is 2.43. The van der Waals surface area contributed by atoms with Crippen LogP contribution in [0.25, 0.3) is 11.0 Å². The Bertz CT molecular complexity index is 1280. The molecule has 1 atom stereocenters. The number of hydrogen-bond acceptors (Lipinski definition) is 6. The van der Waals surface area contributed by atoms with Gasteiger partial charge in [0, 0.05) is 13.7 Å². The Hall–Kier alpha value is -3.32. The largest absolute Gasteiger partial charge is 0.493 e. The van der Waals surface area contributed by atoms with Crippen molar-refractivity contribution in [1.29, 1.82) is 0 Å². The Morgan fingerprint density at radius 2 is 1.82 bits per heavy atom. The molecule has 0 fully saturated rings. The van der Waals surface area contributed by atoms with Crippen LogP contribution in [0.5, 0.6) is 11.5 Å². The third kappa shape index (κ3) is 4.16. The Labute approximate surface area is 199 Å². The smallest absolute Gasteiger partial charge is 0.290 e. The summed E-state index contributed by atoms with van der Waals surface area (Å²) in [5.41, 5.74) is 3.13. The van der Waals surface area contributed by atoms with Gasteiger partial charge in [-0.25, -0.2) is 0 Å². The summed E-state index contributed by atoms with van der Waals surface area (Å²) in [6.07, 6.45) is 1.96. The number of unbranched alkanes of at least 4 members (excludes halogenated alkanes) is 1. The van der Waals surface area contributed by atoms with Crippen molar-refractivity contribution in [2.75, 3.05) is 34.0 Å². The lowest BCUT2D eigenvalue weighted by molar-refractivity contribution is 0.0663. The molecule has 3 aromatic rings. The molecule has 1 aliphatic heterocycles. The summed E-state index contributed by atoms with van der Waals surface area (Å²) in [5, 5.41) is 0.502. The monoisotopic (exact) mass is 465 g/mol. The van der Waals surface area contributed by atoms with E-state index in [1.54, 1.807) is 25.2 Å². The molecule has 0 aliphatic carbocycles. The van der Waals surface area contributed by atoms with Crippen LogP contribution in [0.15, 0.2) is 39.5 Å². The summed E-state index contributed by atoms with van der Waals surface area (Å²) in [6.45, 7) is 7.16. The van der Waals surface area contributed by atoms with Gasteiger partial charge in [0.05, 0.1) is 37.3 Å². The minimum atomic E-state index is -0.613. The van der Waals surface area contributed by atoms with Crippen LogP contribution in [0.2, 0.25) is 0 Å². The van der Waals surface area contributed by atoms with E-state index in [1.165, 1.54) is 0 Å². The van der Waals surface area contributed by atoms with Gasteiger partial charge >= 0.3 is 0 Å². The second-order valence-electron chi connectivity index (χ2n) is 8.64. The standard InChI is InChI=1S/C27H31NO6/c1-6-7-11-33-19-9-8-18(15-20(19)32-5)24-23-25(29)22-17(3)13-16(2)14-21(22)34-26(23)27(30)28(24)10-12-31-4/h8-9,13-15,24H,6-7,10-12H2,1-5H3. The molecule has 4 rings (SSSR count). The van der Waals surface area contributed by atoms with E-state index in [-0.39, 0.29) is 17.1 Å². The number of nitrogens with zero attached hydrogens (tertiary/aromatic N) is 1. The van der Waals surface area contributed by atoms with Crippen LogP contribution in [0, 0.1) is 13.8 Å². The number of amides is 1. The zero-order chi connectivity index (χ0) is 24.4. The molecular formula is C27H31NO6. The second-order valence-corrected chi connectivity index (χ2v) is 8.64. The Balaban J connectivity index is 1.88. The number of fused-ring (bicyclic) bond motifs is 2. The highest BCUT2D eigenvalue weighted by Crippen LogP contribution is 2.41. The van der Waals surface area contributed by atoms with Gasteiger partial charge < -0.3 is 23.5 Å². The highest BCUT2D eigenvalue weighted by molar-refractivity contribution is 5.99. The van der Waals surface area contributed by atoms with E-state index in [1.807, 2.05) is 38.1 Å². The molecule has 1 unspecified atom stereocenters. The maximum Gasteiger partial charge on any atom is 0.290 e. The molecule has 0 saturated heterocycles. The molecule has 1 amide bonds. The minimum absolute atomic E-state index is 0.0887. The molecule has 7 heteroatoms. The molecule has 34 heavy (non-hydrogen) atoms. The Morgan fingerprint density at radius 1 is 1.03 bits per heavy atom. The molecule has 0 radical (unpaired) electrons. The third-order valence-corrected chi connectivity index (χ3v) is 6.21. The van der Waals surface area contributed by atoms with Crippen molar-refractivity contribution < 1.29 is 23.4 Å². The zero-order valence-corrected chi connectivity index (χ0v) is 20.4. The van der Waals surface area contributed by atoms with Crippen LogP contribution in [-0.2, 0) is 4.74 Å². The number of methoxy groups -OCH3 is 2. The normalized spacial score (nSPS) is 15.1. The average molecular weight is 466 g/mol. The Kier molecular flexibility index (Phi) is 6.93. The number of carbonyl (C=O) groups is 1. The first kappa shape index (κ1) is 23.8. The van der Waals surface area contributed by atoms with E-state index in [0.29, 0.717) is 47.8 Å². The predicted molar refractivity (Wildman–Crippen MR) is 130 cm³/mol. The Morgan fingerprint density at radius 3 is 2.53 bits per heavy atom. The van der Waals surface area contributed by atoms with Crippen molar-refractivity contribution in [2.45, 2.75) is 39.7 Å². The minimum Gasteiger partial charge on any atom is -0.493 e. The van der Waals surface area contributed by atoms with Gasteiger partial charge in [-0.1, -0.05) is 25.5 Å². The van der Waals surface area contributed by atoms with Gasteiger partial charge in [0.25, 0.3) is 5.91 Å². The van der Waals surface area contributed by atoms with E-state index in [9.17, 15) is 9.59 Å². The maximum absolute atomic E-state index is 13.8. The number of ether oxygens (including phenoxy) is 3. The van der Waals surface area contributed by atoms with Crippen LogP contribution in [0.4, 0.5) is 0 Å². The fourth-order valence-electron chi connectivity index (χ4n) is 4.58. The predicted octanol–water partition coefficient (Wildman–Crippen LogP) is 4.79. The molecular weight excluding hydrogens is 434 g/mol. The van der Waals surface area contributed by atoms with Crippen LogP contribution >= 0.6 is 0 Å². The number of hydrogen-bond donors (Lipinski definition) is 0. The molecule has 2 heterocycles. The topological polar surface area (TPSA) is 78.2 Å². The number of aryl methyl sites for hydroxylation is 2. The molecule has 1 aliphatic rings. The number of rotatable bonds is 9. The highest BCUT2D eigenvalue weighted by atomic mass is 16.5. The molecule has 0 N–H and O–H groups in total. The van der Waals surface area contributed by atoms with Crippen molar-refractivity contribution in [3.63, 3.8) is 0 Å².